The number of carboxylic acids is 1. The summed E-state index contributed by atoms with van der Waals surface area (Å²) in [7, 11) is 0. The minimum absolute atomic E-state index is 0.258. The molecule has 0 aliphatic carbocycles. The minimum atomic E-state index is -0.841. The van der Waals surface area contributed by atoms with Crippen LogP contribution in [0.15, 0.2) is 24.5 Å². The number of aliphatic carboxylic acids is 1. The van der Waals surface area contributed by atoms with Crippen LogP contribution in [-0.4, -0.2) is 42.5 Å². The Hall–Kier alpha value is -1.46. The van der Waals surface area contributed by atoms with E-state index in [-0.39, 0.29) is 13.2 Å². The average Bonchev–Trinajstić information content (AvgIpc) is 2.21. The summed E-state index contributed by atoms with van der Waals surface area (Å²) < 4.78 is 10.4. The lowest BCUT2D eigenvalue weighted by atomic mass is 9.57. The molecule has 3 heterocycles. The van der Waals surface area contributed by atoms with E-state index in [1.165, 1.54) is 0 Å². The van der Waals surface area contributed by atoms with Gasteiger partial charge in [0.1, 0.15) is 5.41 Å². The number of ether oxygens (including phenoxy) is 2. The molecule has 0 saturated carbocycles. The highest BCUT2D eigenvalue weighted by Crippen LogP contribution is 2.51. The molecule has 0 amide bonds. The topological polar surface area (TPSA) is 68.7 Å². The van der Waals surface area contributed by atoms with Crippen LogP contribution in [0.1, 0.15) is 5.56 Å². The molecule has 0 unspecified atom stereocenters. The molecule has 0 bridgehead atoms. The van der Waals surface area contributed by atoms with Crippen molar-refractivity contribution in [3.8, 4) is 0 Å². The van der Waals surface area contributed by atoms with Crippen LogP contribution in [0, 0.1) is 5.41 Å². The summed E-state index contributed by atoms with van der Waals surface area (Å²) in [5.41, 5.74) is -0.323. The Morgan fingerprint density at radius 2 is 1.76 bits per heavy atom. The van der Waals surface area contributed by atoms with Crippen LogP contribution >= 0.6 is 0 Å². The number of carbonyl (C=O) groups is 1. The van der Waals surface area contributed by atoms with Gasteiger partial charge in [0.2, 0.25) is 0 Å². The van der Waals surface area contributed by atoms with Gasteiger partial charge in [0.15, 0.2) is 0 Å². The molecule has 3 rings (SSSR count). The van der Waals surface area contributed by atoms with Gasteiger partial charge in [-0.15, -0.1) is 0 Å². The third-order valence-electron chi connectivity index (χ3n) is 3.95. The van der Waals surface area contributed by atoms with Gasteiger partial charge in [-0.2, -0.15) is 0 Å². The largest absolute Gasteiger partial charge is 0.481 e. The van der Waals surface area contributed by atoms with Crippen molar-refractivity contribution < 1.29 is 19.4 Å². The molecule has 5 nitrogen and oxygen atoms in total. The molecular formula is C12H13NO4. The third kappa shape index (κ3) is 1.21. The lowest BCUT2D eigenvalue weighted by molar-refractivity contribution is -0.236. The van der Waals surface area contributed by atoms with Crippen molar-refractivity contribution in [2.24, 2.45) is 5.41 Å². The number of nitrogens with zero attached hydrogens (tertiary/aromatic N) is 1. The number of aromatic nitrogens is 1. The maximum atomic E-state index is 11.6. The minimum Gasteiger partial charge on any atom is -0.481 e. The normalized spacial score (nSPS) is 24.5. The summed E-state index contributed by atoms with van der Waals surface area (Å²) in [5.74, 6) is -0.802. The molecule has 90 valence electrons. The van der Waals surface area contributed by atoms with Gasteiger partial charge in [-0.25, -0.2) is 0 Å². The highest BCUT2D eigenvalue weighted by molar-refractivity contribution is 5.79. The van der Waals surface area contributed by atoms with Crippen LogP contribution in [0.4, 0.5) is 0 Å². The van der Waals surface area contributed by atoms with Gasteiger partial charge in [-0.05, 0) is 17.7 Å². The predicted molar refractivity (Wildman–Crippen MR) is 57.6 cm³/mol. The molecule has 0 aromatic carbocycles. The first-order valence-electron chi connectivity index (χ1n) is 5.51. The third-order valence-corrected chi connectivity index (χ3v) is 3.95. The molecule has 2 aliphatic heterocycles. The van der Waals surface area contributed by atoms with Crippen molar-refractivity contribution in [2.45, 2.75) is 5.41 Å². The quantitative estimate of drug-likeness (QED) is 0.823. The van der Waals surface area contributed by atoms with Crippen molar-refractivity contribution in [3.05, 3.63) is 30.1 Å². The monoisotopic (exact) mass is 235 g/mol. The van der Waals surface area contributed by atoms with E-state index in [1.54, 1.807) is 12.4 Å². The first-order chi connectivity index (χ1) is 8.21. The SMILES string of the molecule is O=C(O)C1(C2(c3ccncc3)COC2)COC1. The molecule has 1 aromatic rings. The van der Waals surface area contributed by atoms with Gasteiger partial charge >= 0.3 is 5.97 Å². The second kappa shape index (κ2) is 3.51. The molecule has 0 spiro atoms. The van der Waals surface area contributed by atoms with Gasteiger partial charge in [0.25, 0.3) is 0 Å². The fraction of sp³-hybridized carbons (Fsp3) is 0.500. The Balaban J connectivity index is 2.06. The molecule has 0 atom stereocenters. The van der Waals surface area contributed by atoms with E-state index in [0.29, 0.717) is 13.2 Å². The molecule has 1 aromatic heterocycles. The second-order valence-electron chi connectivity index (χ2n) is 4.69. The van der Waals surface area contributed by atoms with Crippen molar-refractivity contribution in [1.29, 1.82) is 0 Å². The van der Waals surface area contributed by atoms with Gasteiger partial charge < -0.3 is 14.6 Å². The van der Waals surface area contributed by atoms with Crippen molar-refractivity contribution in [3.63, 3.8) is 0 Å². The Kier molecular flexibility index (Phi) is 2.21. The summed E-state index contributed by atoms with van der Waals surface area (Å²) in [6.07, 6.45) is 3.37. The van der Waals surface area contributed by atoms with E-state index in [1.807, 2.05) is 12.1 Å². The first-order valence-corrected chi connectivity index (χ1v) is 5.51. The molecule has 2 saturated heterocycles. The van der Waals surface area contributed by atoms with E-state index in [2.05, 4.69) is 4.98 Å². The molecule has 0 radical (unpaired) electrons. The zero-order chi connectivity index (χ0) is 11.9. The van der Waals surface area contributed by atoms with E-state index in [4.69, 9.17) is 9.47 Å². The molecule has 1 N–H and O–H groups in total. The highest BCUT2D eigenvalue weighted by Gasteiger charge is 2.65. The van der Waals surface area contributed by atoms with Crippen LogP contribution in [0.25, 0.3) is 0 Å². The van der Waals surface area contributed by atoms with Crippen LogP contribution in [0.2, 0.25) is 0 Å². The zero-order valence-electron chi connectivity index (χ0n) is 9.26. The smallest absolute Gasteiger partial charge is 0.315 e. The Morgan fingerprint density at radius 1 is 1.18 bits per heavy atom. The van der Waals surface area contributed by atoms with Gasteiger partial charge in [-0.3, -0.25) is 9.78 Å². The maximum Gasteiger partial charge on any atom is 0.315 e. The first kappa shape index (κ1) is 10.7. The van der Waals surface area contributed by atoms with Crippen LogP contribution in [0.5, 0.6) is 0 Å². The lowest BCUT2D eigenvalue weighted by Gasteiger charge is -2.56. The van der Waals surface area contributed by atoms with E-state index >= 15 is 0 Å². The molecule has 17 heavy (non-hydrogen) atoms. The van der Waals surface area contributed by atoms with E-state index < -0.39 is 16.8 Å². The van der Waals surface area contributed by atoms with Crippen molar-refractivity contribution >= 4 is 5.97 Å². The predicted octanol–water partition coefficient (Wildman–Crippen LogP) is 0.451. The van der Waals surface area contributed by atoms with Crippen LogP contribution in [0.3, 0.4) is 0 Å². The van der Waals surface area contributed by atoms with Crippen molar-refractivity contribution in [2.75, 3.05) is 26.4 Å². The fourth-order valence-electron chi connectivity index (χ4n) is 2.61. The molecule has 5 heteroatoms. The number of hydrogen-bond donors (Lipinski definition) is 1. The number of hydrogen-bond acceptors (Lipinski definition) is 4. The van der Waals surface area contributed by atoms with Crippen molar-refractivity contribution in [1.82, 2.24) is 4.98 Å². The fourth-order valence-corrected chi connectivity index (χ4v) is 2.61. The summed E-state index contributed by atoms with van der Waals surface area (Å²) >= 11 is 0. The number of carboxylic acid groups (broad SMARTS) is 1. The summed E-state index contributed by atoms with van der Waals surface area (Å²) in [5, 5.41) is 9.49. The van der Waals surface area contributed by atoms with Gasteiger partial charge in [0, 0.05) is 12.4 Å². The highest BCUT2D eigenvalue weighted by atomic mass is 16.5. The second-order valence-corrected chi connectivity index (χ2v) is 4.69. The molecular weight excluding hydrogens is 222 g/mol. The Labute approximate surface area is 98.4 Å². The maximum absolute atomic E-state index is 11.6. The lowest BCUT2D eigenvalue weighted by Crippen LogP contribution is -2.69. The van der Waals surface area contributed by atoms with E-state index in [0.717, 1.165) is 5.56 Å². The number of rotatable bonds is 3. The number of pyridine rings is 1. The summed E-state index contributed by atoms with van der Waals surface area (Å²) in [6.45, 7) is 1.39. The summed E-state index contributed by atoms with van der Waals surface area (Å²) in [4.78, 5) is 15.5. The Bertz CT molecular complexity index is 437. The van der Waals surface area contributed by atoms with Crippen LogP contribution in [-0.2, 0) is 19.7 Å². The molecule has 2 fully saturated rings. The van der Waals surface area contributed by atoms with E-state index in [9.17, 15) is 9.90 Å². The standard InChI is InChI=1S/C12H13NO4/c14-10(15)12(7-17-8-12)11(5-16-6-11)9-1-3-13-4-2-9/h1-4H,5-8H2,(H,14,15). The average molecular weight is 235 g/mol. The zero-order valence-corrected chi connectivity index (χ0v) is 9.26. The Morgan fingerprint density at radius 3 is 2.12 bits per heavy atom. The summed E-state index contributed by atoms with van der Waals surface area (Å²) in [6, 6.07) is 3.73. The van der Waals surface area contributed by atoms with Gasteiger partial charge in [-0.1, -0.05) is 0 Å². The van der Waals surface area contributed by atoms with Gasteiger partial charge in [0.05, 0.1) is 31.8 Å². The molecule has 2 aliphatic rings. The van der Waals surface area contributed by atoms with Crippen LogP contribution < -0.4 is 0 Å².